The largest absolute Gasteiger partial charge is 1.00 e. The summed E-state index contributed by atoms with van der Waals surface area (Å²) in [6.07, 6.45) is 3.41. The summed E-state index contributed by atoms with van der Waals surface area (Å²) in [5.41, 5.74) is 1.04. The van der Waals surface area contributed by atoms with Gasteiger partial charge < -0.3 is 29.8 Å². The molecule has 0 radical (unpaired) electrons. The molecule has 2 aliphatic rings. The number of carboxylic acids is 1. The van der Waals surface area contributed by atoms with Crippen molar-refractivity contribution in [3.63, 3.8) is 0 Å². The van der Waals surface area contributed by atoms with Gasteiger partial charge in [0.25, 0.3) is 0 Å². The number of amides is 3. The van der Waals surface area contributed by atoms with Gasteiger partial charge in [-0.25, -0.2) is 9.59 Å². The van der Waals surface area contributed by atoms with Gasteiger partial charge in [0, 0.05) is 18.6 Å². The average molecular weight is 428 g/mol. The Bertz CT molecular complexity index is 695. The van der Waals surface area contributed by atoms with Crippen LogP contribution in [0.1, 0.15) is 31.2 Å². The number of rotatable bonds is 7. The molecule has 1 aromatic carbocycles. The maximum atomic E-state index is 12.6. The van der Waals surface area contributed by atoms with E-state index < -0.39 is 12.5 Å². The number of aliphatic carboxylic acids is 1. The molecule has 3 amide bonds. The molecule has 1 aliphatic heterocycles. The van der Waals surface area contributed by atoms with Crippen molar-refractivity contribution >= 4 is 18.1 Å². The first-order chi connectivity index (χ1) is 13.5. The zero-order valence-corrected chi connectivity index (χ0v) is 20.0. The third-order valence-electron chi connectivity index (χ3n) is 5.38. The normalized spacial score (nSPS) is 21.1. The minimum Gasteiger partial charge on any atom is -0.548 e. The molecule has 0 aromatic heterocycles. The van der Waals surface area contributed by atoms with Crippen molar-refractivity contribution in [1.29, 1.82) is 0 Å². The monoisotopic (exact) mass is 427 g/mol. The third-order valence-corrected chi connectivity index (χ3v) is 5.38. The van der Waals surface area contributed by atoms with Crippen LogP contribution in [0.4, 0.5) is 9.59 Å². The Morgan fingerprint density at radius 1 is 1.17 bits per heavy atom. The predicted molar refractivity (Wildman–Crippen MR) is 99.4 cm³/mol. The molecule has 0 spiro atoms. The van der Waals surface area contributed by atoms with Crippen molar-refractivity contribution in [2.75, 3.05) is 26.2 Å². The van der Waals surface area contributed by atoms with E-state index in [4.69, 9.17) is 4.74 Å². The van der Waals surface area contributed by atoms with Crippen molar-refractivity contribution in [1.82, 2.24) is 15.1 Å². The molecule has 3 rings (SSSR count). The SMILES string of the molecule is O=C([O-])CN(CCc1ccccc1)C(=O)NC1CCC(N2CCOC2=O)CC1.[K+]. The molecule has 2 fully saturated rings. The topological polar surface area (TPSA) is 102 Å². The van der Waals surface area contributed by atoms with E-state index in [0.29, 0.717) is 26.1 Å². The number of hydrogen-bond donors (Lipinski definition) is 1. The minimum absolute atomic E-state index is 0. The minimum atomic E-state index is -1.28. The summed E-state index contributed by atoms with van der Waals surface area (Å²) >= 11 is 0. The molecule has 29 heavy (non-hydrogen) atoms. The summed E-state index contributed by atoms with van der Waals surface area (Å²) in [6, 6.07) is 9.36. The van der Waals surface area contributed by atoms with Crippen molar-refractivity contribution in [3.05, 3.63) is 35.9 Å². The first-order valence-corrected chi connectivity index (χ1v) is 9.75. The molecule has 0 bridgehead atoms. The number of nitrogens with one attached hydrogen (secondary N) is 1. The van der Waals surface area contributed by atoms with Gasteiger partial charge in [-0.05, 0) is 37.7 Å². The summed E-state index contributed by atoms with van der Waals surface area (Å²) in [5, 5.41) is 14.0. The van der Waals surface area contributed by atoms with E-state index in [1.165, 1.54) is 4.90 Å². The van der Waals surface area contributed by atoms with E-state index >= 15 is 0 Å². The molecule has 1 aromatic rings. The Balaban J connectivity index is 0.00000300. The standard InChI is InChI=1S/C20H27N3O5.K/c24-18(25)14-22(11-10-15-4-2-1-3-5-15)19(26)21-16-6-8-17(9-7-16)23-12-13-28-20(23)27;/h1-5,16-17H,6-14H2,(H,21,26)(H,24,25);/q;+1/p-1. The number of carbonyl (C=O) groups is 3. The van der Waals surface area contributed by atoms with Crippen LogP contribution in [0.15, 0.2) is 30.3 Å². The maximum absolute atomic E-state index is 12.6. The van der Waals surface area contributed by atoms with Crippen LogP contribution in [0.5, 0.6) is 0 Å². The maximum Gasteiger partial charge on any atom is 1.00 e. The number of hydrogen-bond acceptors (Lipinski definition) is 5. The second kappa shape index (κ2) is 11.9. The van der Waals surface area contributed by atoms with Crippen LogP contribution < -0.4 is 61.8 Å². The second-order valence-corrected chi connectivity index (χ2v) is 7.29. The summed E-state index contributed by atoms with van der Waals surface area (Å²) in [6.45, 7) is 0.931. The fraction of sp³-hybridized carbons (Fsp3) is 0.550. The Hall–Kier alpha value is -1.13. The molecule has 1 saturated carbocycles. The second-order valence-electron chi connectivity index (χ2n) is 7.29. The van der Waals surface area contributed by atoms with E-state index in [0.717, 1.165) is 31.2 Å². The number of cyclic esters (lactones) is 1. The van der Waals surface area contributed by atoms with Crippen LogP contribution in [0.3, 0.4) is 0 Å². The zero-order valence-electron chi connectivity index (χ0n) is 16.8. The van der Waals surface area contributed by atoms with E-state index in [2.05, 4.69) is 5.32 Å². The molecule has 1 aliphatic carbocycles. The van der Waals surface area contributed by atoms with Gasteiger partial charge in [0.05, 0.1) is 19.1 Å². The Kier molecular flexibility index (Phi) is 9.90. The van der Waals surface area contributed by atoms with Gasteiger partial charge in [-0.3, -0.25) is 0 Å². The van der Waals surface area contributed by atoms with E-state index in [-0.39, 0.29) is 75.6 Å². The van der Waals surface area contributed by atoms with Gasteiger partial charge in [0.2, 0.25) is 0 Å². The van der Waals surface area contributed by atoms with Crippen LogP contribution in [0.2, 0.25) is 0 Å². The molecule has 152 valence electrons. The molecular formula is C20H26KN3O5. The number of urea groups is 1. The van der Waals surface area contributed by atoms with Crippen molar-refractivity contribution in [2.24, 2.45) is 0 Å². The molecule has 9 heteroatoms. The zero-order chi connectivity index (χ0) is 19.9. The van der Waals surface area contributed by atoms with Crippen molar-refractivity contribution in [2.45, 2.75) is 44.2 Å². The van der Waals surface area contributed by atoms with E-state index in [1.54, 1.807) is 4.90 Å². The molecular weight excluding hydrogens is 401 g/mol. The number of benzene rings is 1. The number of ether oxygens (including phenoxy) is 1. The van der Waals surface area contributed by atoms with Crippen molar-refractivity contribution < 1.29 is 75.6 Å². The average Bonchev–Trinajstić information content (AvgIpc) is 3.12. The predicted octanol–water partition coefficient (Wildman–Crippen LogP) is -2.24. The Morgan fingerprint density at radius 3 is 2.45 bits per heavy atom. The quantitative estimate of drug-likeness (QED) is 0.496. The van der Waals surface area contributed by atoms with Crippen LogP contribution in [0.25, 0.3) is 0 Å². The van der Waals surface area contributed by atoms with Crippen LogP contribution in [-0.2, 0) is 16.0 Å². The van der Waals surface area contributed by atoms with Gasteiger partial charge in [-0.2, -0.15) is 0 Å². The van der Waals surface area contributed by atoms with E-state index in [9.17, 15) is 19.5 Å². The van der Waals surface area contributed by atoms with Gasteiger partial charge in [0.15, 0.2) is 0 Å². The first kappa shape index (κ1) is 24.1. The summed E-state index contributed by atoms with van der Waals surface area (Å²) in [4.78, 5) is 38.4. The molecule has 1 saturated heterocycles. The van der Waals surface area contributed by atoms with Crippen LogP contribution in [-0.4, -0.2) is 66.2 Å². The van der Waals surface area contributed by atoms with E-state index in [1.807, 2.05) is 30.3 Å². The fourth-order valence-corrected chi connectivity index (χ4v) is 3.85. The van der Waals surface area contributed by atoms with Crippen molar-refractivity contribution in [3.8, 4) is 0 Å². The molecule has 0 atom stereocenters. The first-order valence-electron chi connectivity index (χ1n) is 9.75. The Labute approximate surface area is 213 Å². The summed E-state index contributed by atoms with van der Waals surface area (Å²) in [7, 11) is 0. The van der Waals surface area contributed by atoms with Gasteiger partial charge >= 0.3 is 63.5 Å². The molecule has 1 N–H and O–H groups in total. The number of nitrogens with zero attached hydrogens (tertiary/aromatic N) is 2. The third kappa shape index (κ3) is 7.25. The van der Waals surface area contributed by atoms with Crippen LogP contribution >= 0.6 is 0 Å². The van der Waals surface area contributed by atoms with Gasteiger partial charge in [0.1, 0.15) is 6.61 Å². The molecule has 0 unspecified atom stereocenters. The summed E-state index contributed by atoms with van der Waals surface area (Å²) in [5.74, 6) is -1.28. The molecule has 1 heterocycles. The number of carbonyl (C=O) groups excluding carboxylic acids is 3. The van der Waals surface area contributed by atoms with Gasteiger partial charge in [-0.1, -0.05) is 30.3 Å². The Morgan fingerprint density at radius 2 is 1.86 bits per heavy atom. The smallest absolute Gasteiger partial charge is 0.548 e. The molecule has 8 nitrogen and oxygen atoms in total. The summed E-state index contributed by atoms with van der Waals surface area (Å²) < 4.78 is 4.99. The number of carboxylic acid groups (broad SMARTS) is 1. The van der Waals surface area contributed by atoms with Gasteiger partial charge in [-0.15, -0.1) is 0 Å². The van der Waals surface area contributed by atoms with Crippen LogP contribution in [0, 0.1) is 0 Å². The fourth-order valence-electron chi connectivity index (χ4n) is 3.85.